The minimum Gasteiger partial charge on any atom is -0.441 e. The van der Waals surface area contributed by atoms with Crippen LogP contribution in [0.5, 0.6) is 0 Å². The molecule has 37 heavy (non-hydrogen) atoms. The summed E-state index contributed by atoms with van der Waals surface area (Å²) in [5.41, 5.74) is 2.14. The van der Waals surface area contributed by atoms with E-state index in [1.807, 2.05) is 0 Å². The highest BCUT2D eigenvalue weighted by Crippen LogP contribution is 2.77. The summed E-state index contributed by atoms with van der Waals surface area (Å²) in [4.78, 5) is 33.9. The van der Waals surface area contributed by atoms with E-state index in [2.05, 4.69) is 30.9 Å². The minimum atomic E-state index is -0.701. The van der Waals surface area contributed by atoms with Crippen molar-refractivity contribution in [1.82, 2.24) is 25.0 Å². The summed E-state index contributed by atoms with van der Waals surface area (Å²) in [5, 5.41) is 14.1. The Bertz CT molecular complexity index is 1350. The van der Waals surface area contributed by atoms with Crippen LogP contribution in [0.15, 0.2) is 36.7 Å². The van der Waals surface area contributed by atoms with E-state index in [9.17, 15) is 9.59 Å². The Morgan fingerprint density at radius 2 is 1.97 bits per heavy atom. The van der Waals surface area contributed by atoms with Crippen LogP contribution in [0.4, 0.5) is 16.3 Å². The van der Waals surface area contributed by atoms with Gasteiger partial charge in [-0.3, -0.25) is 15.1 Å². The maximum atomic E-state index is 12.9. The van der Waals surface area contributed by atoms with Crippen molar-refractivity contribution < 1.29 is 19.1 Å². The number of nitrogens with one attached hydrogen (secondary N) is 2. The topological polar surface area (TPSA) is 133 Å². The third-order valence-corrected chi connectivity index (χ3v) is 8.19. The van der Waals surface area contributed by atoms with Gasteiger partial charge in [-0.2, -0.15) is 0 Å². The zero-order valence-corrected chi connectivity index (χ0v) is 21.2. The number of rotatable bonds is 7. The highest BCUT2D eigenvalue weighted by molar-refractivity contribution is 6.30. The standard InChI is InChI=1S/C25H26ClN7O4/c1-14(17-4-3-7-27-20(17)26)37-23(35)30-21-19(31-32-33(21)2)18-6-5-16(8-28-18)29-22(34)25-11-24(12-25,13-25)15-9-36-10-15/h3-8,14-15H,9-13H2,1-2H3,(H,29,34)(H,30,35)/t14-,24?,25?/m1/s1. The van der Waals surface area contributed by atoms with Crippen LogP contribution in [0.2, 0.25) is 5.15 Å². The molecule has 11 nitrogen and oxygen atoms in total. The fourth-order valence-corrected chi connectivity index (χ4v) is 6.00. The molecule has 3 saturated carbocycles. The van der Waals surface area contributed by atoms with E-state index in [-0.39, 0.29) is 16.5 Å². The van der Waals surface area contributed by atoms with Crippen LogP contribution in [0.25, 0.3) is 11.4 Å². The van der Waals surface area contributed by atoms with Crippen molar-refractivity contribution in [3.05, 3.63) is 47.4 Å². The molecule has 0 spiro atoms. The molecule has 4 aliphatic rings. The molecule has 1 atom stereocenters. The molecule has 4 heterocycles. The summed E-state index contributed by atoms with van der Waals surface area (Å²) in [7, 11) is 1.65. The van der Waals surface area contributed by atoms with Gasteiger partial charge in [0.1, 0.15) is 11.3 Å². The van der Waals surface area contributed by atoms with Crippen molar-refractivity contribution in [2.24, 2.45) is 23.8 Å². The van der Waals surface area contributed by atoms with Crippen LogP contribution < -0.4 is 10.6 Å². The van der Waals surface area contributed by atoms with Crippen molar-refractivity contribution in [2.75, 3.05) is 23.8 Å². The molecule has 192 valence electrons. The number of aromatic nitrogens is 5. The third-order valence-electron chi connectivity index (χ3n) is 7.88. The fourth-order valence-electron chi connectivity index (χ4n) is 5.72. The smallest absolute Gasteiger partial charge is 0.413 e. The molecule has 2 amide bonds. The summed E-state index contributed by atoms with van der Waals surface area (Å²) >= 11 is 6.10. The van der Waals surface area contributed by atoms with Crippen molar-refractivity contribution in [3.8, 4) is 11.4 Å². The number of pyridine rings is 2. The first-order valence-electron chi connectivity index (χ1n) is 12.1. The molecule has 2 bridgehead atoms. The van der Waals surface area contributed by atoms with Gasteiger partial charge in [0.2, 0.25) is 5.91 Å². The third kappa shape index (κ3) is 4.02. The van der Waals surface area contributed by atoms with E-state index in [4.69, 9.17) is 21.1 Å². The van der Waals surface area contributed by atoms with Gasteiger partial charge in [-0.25, -0.2) is 14.5 Å². The predicted molar refractivity (Wildman–Crippen MR) is 134 cm³/mol. The molecule has 3 aromatic rings. The molecular formula is C25H26ClN7O4. The fraction of sp³-hybridized carbons (Fsp3) is 0.440. The summed E-state index contributed by atoms with van der Waals surface area (Å²) in [6.07, 6.45) is 4.66. The average molecular weight is 524 g/mol. The van der Waals surface area contributed by atoms with Gasteiger partial charge in [0.15, 0.2) is 11.5 Å². The predicted octanol–water partition coefficient (Wildman–Crippen LogP) is 3.99. The molecule has 0 aromatic carbocycles. The molecule has 2 N–H and O–H groups in total. The maximum absolute atomic E-state index is 12.9. The molecule has 4 fully saturated rings. The number of halogens is 1. The first-order valence-corrected chi connectivity index (χ1v) is 12.5. The zero-order chi connectivity index (χ0) is 25.8. The number of amides is 2. The van der Waals surface area contributed by atoms with Crippen molar-refractivity contribution in [2.45, 2.75) is 32.3 Å². The second kappa shape index (κ2) is 8.77. The molecule has 1 aliphatic heterocycles. The first-order chi connectivity index (χ1) is 17.8. The largest absolute Gasteiger partial charge is 0.441 e. The molecule has 1 saturated heterocycles. The monoisotopic (exact) mass is 523 g/mol. The summed E-state index contributed by atoms with van der Waals surface area (Å²) < 4.78 is 12.2. The Kier molecular flexibility index (Phi) is 5.64. The van der Waals surface area contributed by atoms with Crippen LogP contribution in [-0.4, -0.2) is 50.2 Å². The van der Waals surface area contributed by atoms with Gasteiger partial charge < -0.3 is 14.8 Å². The molecular weight excluding hydrogens is 498 g/mol. The van der Waals surface area contributed by atoms with Crippen LogP contribution >= 0.6 is 11.6 Å². The molecule has 0 radical (unpaired) electrons. The quantitative estimate of drug-likeness (QED) is 0.444. The van der Waals surface area contributed by atoms with Gasteiger partial charge >= 0.3 is 6.09 Å². The highest BCUT2D eigenvalue weighted by atomic mass is 35.5. The van der Waals surface area contributed by atoms with Gasteiger partial charge in [-0.05, 0) is 49.8 Å². The molecule has 7 rings (SSSR count). The number of carbonyl (C=O) groups excluding carboxylic acids is 2. The van der Waals surface area contributed by atoms with Crippen LogP contribution in [0, 0.1) is 16.7 Å². The van der Waals surface area contributed by atoms with E-state index in [0.717, 1.165) is 32.5 Å². The number of anilines is 2. The summed E-state index contributed by atoms with van der Waals surface area (Å²) in [6, 6.07) is 6.95. The van der Waals surface area contributed by atoms with Gasteiger partial charge in [-0.15, -0.1) is 5.10 Å². The van der Waals surface area contributed by atoms with E-state index in [1.54, 1.807) is 50.6 Å². The summed E-state index contributed by atoms with van der Waals surface area (Å²) in [5.74, 6) is 0.987. The Hall–Kier alpha value is -3.57. The normalized spacial score (nSPS) is 24.7. The van der Waals surface area contributed by atoms with Gasteiger partial charge in [-0.1, -0.05) is 22.9 Å². The lowest BCUT2D eigenvalue weighted by molar-refractivity contribution is -0.267. The Labute approximate surface area is 217 Å². The Morgan fingerprint density at radius 1 is 1.19 bits per heavy atom. The minimum absolute atomic E-state index is 0.0524. The van der Waals surface area contributed by atoms with Crippen LogP contribution in [0.3, 0.4) is 0 Å². The number of hydrogen-bond donors (Lipinski definition) is 2. The van der Waals surface area contributed by atoms with E-state index < -0.39 is 12.2 Å². The second-order valence-corrected chi connectivity index (χ2v) is 10.6. The van der Waals surface area contributed by atoms with E-state index in [1.165, 1.54) is 4.68 Å². The SMILES string of the molecule is C[C@@H](OC(=O)Nc1c(-c2ccc(NC(=O)C34CC(C5COC5)(C3)C4)cn2)nnn1C)c1cccnc1Cl. The second-order valence-electron chi connectivity index (χ2n) is 10.3. The lowest BCUT2D eigenvalue weighted by Crippen LogP contribution is -2.71. The average Bonchev–Trinajstić information content (AvgIpc) is 3.14. The van der Waals surface area contributed by atoms with Gasteiger partial charge in [0.05, 0.1) is 36.2 Å². The van der Waals surface area contributed by atoms with Crippen molar-refractivity contribution in [3.63, 3.8) is 0 Å². The lowest BCUT2D eigenvalue weighted by atomic mass is 9.31. The first kappa shape index (κ1) is 23.8. The number of ether oxygens (including phenoxy) is 2. The molecule has 3 aromatic heterocycles. The number of aryl methyl sites for hydroxylation is 1. The number of hydrogen-bond acceptors (Lipinski definition) is 8. The zero-order valence-electron chi connectivity index (χ0n) is 20.4. The van der Waals surface area contributed by atoms with Crippen molar-refractivity contribution in [1.29, 1.82) is 0 Å². The Morgan fingerprint density at radius 3 is 2.62 bits per heavy atom. The maximum Gasteiger partial charge on any atom is 0.413 e. The van der Waals surface area contributed by atoms with Crippen LogP contribution in [-0.2, 0) is 21.3 Å². The van der Waals surface area contributed by atoms with Crippen LogP contribution in [0.1, 0.15) is 37.9 Å². The van der Waals surface area contributed by atoms with Gasteiger partial charge in [0, 0.05) is 24.7 Å². The van der Waals surface area contributed by atoms with Crippen molar-refractivity contribution >= 4 is 35.1 Å². The Balaban J connectivity index is 1.09. The highest BCUT2D eigenvalue weighted by Gasteiger charge is 2.74. The summed E-state index contributed by atoms with van der Waals surface area (Å²) in [6.45, 7) is 3.36. The molecule has 3 aliphatic carbocycles. The molecule has 12 heteroatoms. The molecule has 0 unspecified atom stereocenters. The van der Waals surface area contributed by atoms with E-state index in [0.29, 0.717) is 39.8 Å². The van der Waals surface area contributed by atoms with Gasteiger partial charge in [0.25, 0.3) is 0 Å². The number of nitrogens with zero attached hydrogens (tertiary/aromatic N) is 5. The number of carbonyl (C=O) groups is 2. The van der Waals surface area contributed by atoms with E-state index >= 15 is 0 Å². The lowest BCUT2D eigenvalue weighted by Gasteiger charge is -2.73.